The minimum atomic E-state index is -0.429. The minimum absolute atomic E-state index is 0.101. The SMILES string of the molecule is CCOC(=O)COc1ccccc1C1=Nc2ccccc2CC(=O)C1. The molecule has 0 radical (unpaired) electrons. The maximum absolute atomic E-state index is 12.3. The summed E-state index contributed by atoms with van der Waals surface area (Å²) in [5.74, 6) is 0.187. The molecule has 2 aromatic carbocycles. The van der Waals surface area contributed by atoms with Gasteiger partial charge in [-0.2, -0.15) is 0 Å². The fraction of sp³-hybridized carbons (Fsp3) is 0.250. The maximum atomic E-state index is 12.3. The first-order valence-corrected chi connectivity index (χ1v) is 8.22. The molecule has 0 spiro atoms. The molecule has 128 valence electrons. The topological polar surface area (TPSA) is 65.0 Å². The zero-order valence-electron chi connectivity index (χ0n) is 14.0. The molecule has 1 heterocycles. The summed E-state index contributed by atoms with van der Waals surface area (Å²) in [6, 6.07) is 14.9. The number of carbonyl (C=O) groups excluding carboxylic acids is 2. The van der Waals surface area contributed by atoms with Crippen LogP contribution in [0.2, 0.25) is 0 Å². The number of ether oxygens (including phenoxy) is 2. The third-order valence-corrected chi connectivity index (χ3v) is 3.85. The summed E-state index contributed by atoms with van der Waals surface area (Å²) in [6.07, 6.45) is 0.601. The van der Waals surface area contributed by atoms with Crippen LogP contribution in [0.15, 0.2) is 53.5 Å². The van der Waals surface area contributed by atoms with Crippen molar-refractivity contribution in [3.05, 3.63) is 59.7 Å². The van der Waals surface area contributed by atoms with Crippen LogP contribution >= 0.6 is 0 Å². The minimum Gasteiger partial charge on any atom is -0.481 e. The fourth-order valence-electron chi connectivity index (χ4n) is 2.74. The highest BCUT2D eigenvalue weighted by molar-refractivity contribution is 6.14. The van der Waals surface area contributed by atoms with E-state index in [1.54, 1.807) is 13.0 Å². The Labute approximate surface area is 146 Å². The molecule has 0 aromatic heterocycles. The normalized spacial score (nSPS) is 13.5. The summed E-state index contributed by atoms with van der Waals surface area (Å²) in [6.45, 7) is 1.87. The van der Waals surface area contributed by atoms with Gasteiger partial charge >= 0.3 is 5.97 Å². The predicted molar refractivity (Wildman–Crippen MR) is 94.5 cm³/mol. The van der Waals surface area contributed by atoms with Crippen LogP contribution in [0.25, 0.3) is 0 Å². The molecular formula is C20H19NO4. The lowest BCUT2D eigenvalue weighted by atomic mass is 10.0. The predicted octanol–water partition coefficient (Wildman–Crippen LogP) is 3.26. The zero-order valence-corrected chi connectivity index (χ0v) is 14.0. The van der Waals surface area contributed by atoms with E-state index in [9.17, 15) is 9.59 Å². The van der Waals surface area contributed by atoms with E-state index in [0.29, 0.717) is 24.5 Å². The molecule has 1 aliphatic rings. The number of rotatable bonds is 5. The largest absolute Gasteiger partial charge is 0.481 e. The highest BCUT2D eigenvalue weighted by Gasteiger charge is 2.20. The van der Waals surface area contributed by atoms with Crippen molar-refractivity contribution in [3.8, 4) is 5.75 Å². The number of benzene rings is 2. The van der Waals surface area contributed by atoms with E-state index in [2.05, 4.69) is 4.99 Å². The lowest BCUT2D eigenvalue weighted by molar-refractivity contribution is -0.145. The van der Waals surface area contributed by atoms with Gasteiger partial charge in [-0.25, -0.2) is 4.79 Å². The smallest absolute Gasteiger partial charge is 0.344 e. The second-order valence-electron chi connectivity index (χ2n) is 5.67. The number of ketones is 1. The maximum Gasteiger partial charge on any atom is 0.344 e. The summed E-state index contributed by atoms with van der Waals surface area (Å²) >= 11 is 0. The molecule has 5 heteroatoms. The van der Waals surface area contributed by atoms with Gasteiger partial charge in [0, 0.05) is 18.4 Å². The van der Waals surface area contributed by atoms with Crippen LogP contribution in [0.3, 0.4) is 0 Å². The molecule has 0 amide bonds. The third kappa shape index (κ3) is 4.12. The van der Waals surface area contributed by atoms with Gasteiger partial charge in [-0.05, 0) is 30.7 Å². The van der Waals surface area contributed by atoms with E-state index in [1.807, 2.05) is 42.5 Å². The highest BCUT2D eigenvalue weighted by atomic mass is 16.6. The Bertz CT molecular complexity index is 826. The van der Waals surface area contributed by atoms with Crippen molar-refractivity contribution in [2.45, 2.75) is 19.8 Å². The Morgan fingerprint density at radius 1 is 1.08 bits per heavy atom. The monoisotopic (exact) mass is 337 g/mol. The molecule has 0 fully saturated rings. The summed E-state index contributed by atoms with van der Waals surface area (Å²) in [5, 5.41) is 0. The van der Waals surface area contributed by atoms with Gasteiger partial charge in [0.2, 0.25) is 0 Å². The van der Waals surface area contributed by atoms with E-state index in [1.165, 1.54) is 0 Å². The molecule has 3 rings (SSSR count). The number of nitrogens with zero attached hydrogens (tertiary/aromatic N) is 1. The van der Waals surface area contributed by atoms with Gasteiger partial charge < -0.3 is 9.47 Å². The van der Waals surface area contributed by atoms with Crippen LogP contribution in [0.4, 0.5) is 5.69 Å². The summed E-state index contributed by atoms with van der Waals surface area (Å²) in [5.41, 5.74) is 3.09. The number of hydrogen-bond acceptors (Lipinski definition) is 5. The van der Waals surface area contributed by atoms with E-state index < -0.39 is 5.97 Å². The van der Waals surface area contributed by atoms with Crippen LogP contribution in [-0.2, 0) is 20.7 Å². The van der Waals surface area contributed by atoms with Gasteiger partial charge in [-0.15, -0.1) is 0 Å². The van der Waals surface area contributed by atoms with Gasteiger partial charge in [-0.3, -0.25) is 9.79 Å². The second kappa shape index (κ2) is 7.75. The quantitative estimate of drug-likeness (QED) is 0.786. The molecule has 0 saturated heterocycles. The summed E-state index contributed by atoms with van der Waals surface area (Å²) in [7, 11) is 0. The number of fused-ring (bicyclic) bond motifs is 1. The standard InChI is InChI=1S/C20H19NO4/c1-2-24-20(23)13-25-19-10-6-4-8-16(19)18-12-15(22)11-14-7-3-5-9-17(14)21-18/h3-10H,2,11-13H2,1H3. The average molecular weight is 337 g/mol. The molecule has 0 bridgehead atoms. The lowest BCUT2D eigenvalue weighted by Crippen LogP contribution is -2.16. The Hall–Kier alpha value is -2.95. The number of Topliss-reactive ketones (excluding diaryl/α,β-unsaturated/α-hetero) is 1. The molecule has 1 aliphatic heterocycles. The van der Waals surface area contributed by atoms with Crippen LogP contribution in [0.1, 0.15) is 24.5 Å². The molecule has 25 heavy (non-hydrogen) atoms. The summed E-state index contributed by atoms with van der Waals surface area (Å²) in [4.78, 5) is 28.5. The van der Waals surface area contributed by atoms with Crippen molar-refractivity contribution in [1.82, 2.24) is 0 Å². The van der Waals surface area contributed by atoms with Gasteiger partial charge in [0.1, 0.15) is 11.5 Å². The van der Waals surface area contributed by atoms with Crippen LogP contribution < -0.4 is 4.74 Å². The second-order valence-corrected chi connectivity index (χ2v) is 5.67. The van der Waals surface area contributed by atoms with Crippen molar-refractivity contribution in [2.75, 3.05) is 13.2 Å². The van der Waals surface area contributed by atoms with Crippen molar-refractivity contribution < 1.29 is 19.1 Å². The number of hydrogen-bond donors (Lipinski definition) is 0. The number of esters is 1. The van der Waals surface area contributed by atoms with Crippen LogP contribution in [-0.4, -0.2) is 30.7 Å². The first-order chi connectivity index (χ1) is 12.2. The first-order valence-electron chi connectivity index (χ1n) is 8.22. The van der Waals surface area contributed by atoms with Crippen molar-refractivity contribution >= 4 is 23.2 Å². The van der Waals surface area contributed by atoms with Crippen molar-refractivity contribution in [3.63, 3.8) is 0 Å². The molecule has 0 atom stereocenters. The third-order valence-electron chi connectivity index (χ3n) is 3.85. The van der Waals surface area contributed by atoms with Gasteiger partial charge in [0.25, 0.3) is 0 Å². The van der Waals surface area contributed by atoms with E-state index in [4.69, 9.17) is 9.47 Å². The molecule has 0 aliphatic carbocycles. The molecule has 0 unspecified atom stereocenters. The Kier molecular flexibility index (Phi) is 5.23. The molecule has 0 saturated carbocycles. The van der Waals surface area contributed by atoms with Gasteiger partial charge in [0.15, 0.2) is 6.61 Å². The Balaban J connectivity index is 1.92. The average Bonchev–Trinajstić information content (AvgIpc) is 2.78. The van der Waals surface area contributed by atoms with Gasteiger partial charge in [-0.1, -0.05) is 30.3 Å². The number of para-hydroxylation sites is 2. The van der Waals surface area contributed by atoms with Crippen molar-refractivity contribution in [2.24, 2.45) is 4.99 Å². The van der Waals surface area contributed by atoms with E-state index in [-0.39, 0.29) is 18.8 Å². The van der Waals surface area contributed by atoms with E-state index in [0.717, 1.165) is 16.8 Å². The lowest BCUT2D eigenvalue weighted by Gasteiger charge is -2.12. The number of carbonyl (C=O) groups is 2. The Morgan fingerprint density at radius 3 is 2.68 bits per heavy atom. The van der Waals surface area contributed by atoms with Crippen LogP contribution in [0, 0.1) is 0 Å². The van der Waals surface area contributed by atoms with E-state index >= 15 is 0 Å². The first kappa shape index (κ1) is 16.9. The van der Waals surface area contributed by atoms with Crippen LogP contribution in [0.5, 0.6) is 5.75 Å². The molecule has 2 aromatic rings. The molecule has 5 nitrogen and oxygen atoms in total. The van der Waals surface area contributed by atoms with Gasteiger partial charge in [0.05, 0.1) is 18.0 Å². The summed E-state index contributed by atoms with van der Waals surface area (Å²) < 4.78 is 10.5. The van der Waals surface area contributed by atoms with Crippen molar-refractivity contribution in [1.29, 1.82) is 0 Å². The molecular weight excluding hydrogens is 318 g/mol. The highest BCUT2D eigenvalue weighted by Crippen LogP contribution is 2.28. The molecule has 0 N–H and O–H groups in total. The fourth-order valence-corrected chi connectivity index (χ4v) is 2.74. The number of aliphatic imine (C=N–C) groups is 1. The zero-order chi connectivity index (χ0) is 17.6. The Morgan fingerprint density at radius 2 is 1.84 bits per heavy atom.